The zero-order valence-electron chi connectivity index (χ0n) is 20.6. The van der Waals surface area contributed by atoms with E-state index >= 15 is 0 Å². The number of fused-ring (bicyclic) bond motifs is 1. The number of nitrogens with zero attached hydrogens (tertiary/aromatic N) is 8. The molecular formula is C25H30ClN9O. The van der Waals surface area contributed by atoms with E-state index < -0.39 is 0 Å². The summed E-state index contributed by atoms with van der Waals surface area (Å²) in [5, 5.41) is 11.4. The van der Waals surface area contributed by atoms with Crippen molar-refractivity contribution < 1.29 is 4.79 Å². The lowest BCUT2D eigenvalue weighted by atomic mass is 10.0. The Morgan fingerprint density at radius 3 is 2.50 bits per heavy atom. The molecule has 2 amide bonds. The van der Waals surface area contributed by atoms with Crippen LogP contribution >= 0.6 is 12.4 Å². The van der Waals surface area contributed by atoms with E-state index in [9.17, 15) is 4.79 Å². The summed E-state index contributed by atoms with van der Waals surface area (Å²) in [7, 11) is 0. The Balaban J connectivity index is 0.00000267. The second-order valence-corrected chi connectivity index (χ2v) is 9.63. The number of hydrogen-bond acceptors (Lipinski definition) is 6. The van der Waals surface area contributed by atoms with Gasteiger partial charge >= 0.3 is 6.03 Å². The Morgan fingerprint density at radius 2 is 1.83 bits per heavy atom. The van der Waals surface area contributed by atoms with Gasteiger partial charge in [-0.1, -0.05) is 45.0 Å². The Labute approximate surface area is 215 Å². The summed E-state index contributed by atoms with van der Waals surface area (Å²) in [6, 6.07) is 10.3. The van der Waals surface area contributed by atoms with Crippen LogP contribution in [-0.2, 0) is 0 Å². The molecule has 188 valence electrons. The molecule has 0 saturated carbocycles. The number of hydrogen-bond donors (Lipinski definition) is 1. The van der Waals surface area contributed by atoms with Gasteiger partial charge in [-0.25, -0.2) is 19.3 Å². The number of benzene rings is 1. The molecule has 11 heteroatoms. The van der Waals surface area contributed by atoms with Crippen LogP contribution in [0.2, 0.25) is 0 Å². The van der Waals surface area contributed by atoms with Crippen molar-refractivity contribution in [1.82, 2.24) is 39.6 Å². The first kappa shape index (κ1) is 24.2. The summed E-state index contributed by atoms with van der Waals surface area (Å²) >= 11 is 0. The third kappa shape index (κ3) is 4.00. The molecule has 2 aliphatic rings. The molecule has 2 saturated heterocycles. The van der Waals surface area contributed by atoms with Crippen LogP contribution in [0.25, 0.3) is 28.2 Å². The van der Waals surface area contributed by atoms with Crippen molar-refractivity contribution in [2.24, 2.45) is 5.92 Å². The van der Waals surface area contributed by atoms with Crippen molar-refractivity contribution in [2.45, 2.75) is 32.9 Å². The third-order valence-corrected chi connectivity index (χ3v) is 7.23. The number of likely N-dealkylation sites (tertiary alicyclic amines) is 1. The lowest BCUT2D eigenvalue weighted by Crippen LogP contribution is -2.59. The third-order valence-electron chi connectivity index (χ3n) is 7.23. The minimum absolute atomic E-state index is 0. The number of H-pyrrole nitrogens is 1. The fourth-order valence-electron chi connectivity index (χ4n) is 5.07. The van der Waals surface area contributed by atoms with Crippen molar-refractivity contribution in [3.05, 3.63) is 49.1 Å². The highest BCUT2D eigenvalue weighted by molar-refractivity contribution is 5.95. The van der Waals surface area contributed by atoms with Crippen LogP contribution < -0.4 is 4.90 Å². The van der Waals surface area contributed by atoms with Crippen molar-refractivity contribution in [1.29, 1.82) is 0 Å². The van der Waals surface area contributed by atoms with Crippen LogP contribution in [0.5, 0.6) is 0 Å². The largest absolute Gasteiger partial charge is 0.326 e. The van der Waals surface area contributed by atoms with E-state index in [0.717, 1.165) is 48.5 Å². The van der Waals surface area contributed by atoms with Gasteiger partial charge in [0.15, 0.2) is 11.5 Å². The number of rotatable bonds is 6. The smallest absolute Gasteiger partial charge is 0.317 e. The van der Waals surface area contributed by atoms with Gasteiger partial charge in [-0.3, -0.25) is 14.9 Å². The zero-order chi connectivity index (χ0) is 24.1. The quantitative estimate of drug-likeness (QED) is 0.428. The van der Waals surface area contributed by atoms with E-state index in [4.69, 9.17) is 4.98 Å². The SMILES string of the molecule is CCN1CC(N2CC(C(C)C)N(c3ccn4ncc(-c5ccc(-c6nc[nH]n6)cc5)c4n3)C2=O)C1.Cl. The normalized spacial score (nSPS) is 18.8. The van der Waals surface area contributed by atoms with E-state index in [1.165, 1.54) is 0 Å². The minimum Gasteiger partial charge on any atom is -0.317 e. The van der Waals surface area contributed by atoms with Gasteiger partial charge in [0, 0.05) is 37.0 Å². The van der Waals surface area contributed by atoms with Gasteiger partial charge in [0.2, 0.25) is 0 Å². The molecule has 1 N–H and O–H groups in total. The predicted molar refractivity (Wildman–Crippen MR) is 140 cm³/mol. The van der Waals surface area contributed by atoms with Gasteiger partial charge in [-0.15, -0.1) is 12.4 Å². The standard InChI is InChI=1S/C25H29N9O.ClH/c1-4-31-12-19(13-31)32-14-21(16(2)3)34(25(32)35)22-9-10-33-24(29-22)20(11-28-33)17-5-7-18(8-6-17)23-26-15-27-30-23;/h5-11,15-16,19,21H,4,12-14H2,1-3H3,(H,26,27,30);1H. The number of amides is 2. The molecular weight excluding hydrogens is 478 g/mol. The average Bonchev–Trinajstić information content (AvgIpc) is 3.58. The average molecular weight is 508 g/mol. The molecule has 2 aliphatic heterocycles. The van der Waals surface area contributed by atoms with Crippen LogP contribution in [0.3, 0.4) is 0 Å². The van der Waals surface area contributed by atoms with Gasteiger partial charge in [0.25, 0.3) is 0 Å². The Kier molecular flexibility index (Phi) is 6.40. The molecule has 3 aromatic heterocycles. The summed E-state index contributed by atoms with van der Waals surface area (Å²) in [6.07, 6.45) is 5.27. The highest BCUT2D eigenvalue weighted by Crippen LogP contribution is 2.32. The Morgan fingerprint density at radius 1 is 1.08 bits per heavy atom. The topological polar surface area (TPSA) is 98.6 Å². The van der Waals surface area contributed by atoms with Gasteiger partial charge in [0.05, 0.1) is 18.3 Å². The first-order valence-corrected chi connectivity index (χ1v) is 12.2. The molecule has 2 fully saturated rings. The maximum Gasteiger partial charge on any atom is 0.326 e. The highest BCUT2D eigenvalue weighted by Gasteiger charge is 2.46. The van der Waals surface area contributed by atoms with Gasteiger partial charge < -0.3 is 4.90 Å². The van der Waals surface area contributed by atoms with Crippen LogP contribution in [0.1, 0.15) is 20.8 Å². The van der Waals surface area contributed by atoms with E-state index in [1.54, 1.807) is 10.8 Å². The first-order valence-electron chi connectivity index (χ1n) is 12.2. The molecule has 0 spiro atoms. The summed E-state index contributed by atoms with van der Waals surface area (Å²) in [6.45, 7) is 10.2. The lowest BCUT2D eigenvalue weighted by molar-refractivity contribution is 0.0672. The van der Waals surface area contributed by atoms with E-state index in [2.05, 4.69) is 46.0 Å². The van der Waals surface area contributed by atoms with Crippen LogP contribution in [-0.4, -0.2) is 83.9 Å². The van der Waals surface area contributed by atoms with Crippen LogP contribution in [0.4, 0.5) is 10.6 Å². The van der Waals surface area contributed by atoms with Gasteiger partial charge in [-0.2, -0.15) is 10.2 Å². The van der Waals surface area contributed by atoms with Crippen LogP contribution in [0.15, 0.2) is 49.1 Å². The minimum atomic E-state index is 0. The van der Waals surface area contributed by atoms with Crippen molar-refractivity contribution >= 4 is 29.9 Å². The number of carbonyl (C=O) groups is 1. The molecule has 0 radical (unpaired) electrons. The van der Waals surface area contributed by atoms with Crippen molar-refractivity contribution in [3.8, 4) is 22.5 Å². The fraction of sp³-hybridized carbons (Fsp3) is 0.400. The molecule has 0 aliphatic carbocycles. The van der Waals surface area contributed by atoms with E-state index in [-0.39, 0.29) is 30.5 Å². The lowest BCUT2D eigenvalue weighted by Gasteiger charge is -2.43. The first-order chi connectivity index (χ1) is 17.0. The number of aromatic nitrogens is 6. The van der Waals surface area contributed by atoms with Crippen molar-refractivity contribution in [2.75, 3.05) is 31.1 Å². The molecule has 36 heavy (non-hydrogen) atoms. The highest BCUT2D eigenvalue weighted by atomic mass is 35.5. The number of anilines is 1. The van der Waals surface area contributed by atoms with E-state index in [0.29, 0.717) is 17.6 Å². The monoisotopic (exact) mass is 507 g/mol. The number of urea groups is 1. The number of aromatic amines is 1. The summed E-state index contributed by atoms with van der Waals surface area (Å²) in [5.41, 5.74) is 3.56. The van der Waals surface area contributed by atoms with Crippen LogP contribution in [0, 0.1) is 5.92 Å². The molecule has 10 nitrogen and oxygen atoms in total. The van der Waals surface area contributed by atoms with Gasteiger partial charge in [0.1, 0.15) is 12.1 Å². The summed E-state index contributed by atoms with van der Waals surface area (Å²) < 4.78 is 1.76. The molecule has 0 bridgehead atoms. The van der Waals surface area contributed by atoms with E-state index in [1.807, 2.05) is 52.5 Å². The molecule has 4 aromatic rings. The Bertz CT molecular complexity index is 1350. The number of carbonyl (C=O) groups excluding carboxylic acids is 1. The molecule has 1 atom stereocenters. The second-order valence-electron chi connectivity index (χ2n) is 9.63. The number of halogens is 1. The molecule has 1 unspecified atom stereocenters. The Hall–Kier alpha value is -3.50. The van der Waals surface area contributed by atoms with Crippen molar-refractivity contribution in [3.63, 3.8) is 0 Å². The fourth-order valence-corrected chi connectivity index (χ4v) is 5.07. The van der Waals surface area contributed by atoms with Gasteiger partial charge in [-0.05, 0) is 24.1 Å². The number of nitrogens with one attached hydrogen (secondary N) is 1. The predicted octanol–water partition coefficient (Wildman–Crippen LogP) is 3.57. The second kappa shape index (κ2) is 9.51. The maximum atomic E-state index is 13.6. The summed E-state index contributed by atoms with van der Waals surface area (Å²) in [4.78, 5) is 29.1. The maximum absolute atomic E-state index is 13.6. The zero-order valence-corrected chi connectivity index (χ0v) is 21.4. The number of likely N-dealkylation sites (N-methyl/N-ethyl adjacent to an activating group) is 1. The molecule has 1 aromatic carbocycles. The molecule has 6 rings (SSSR count). The summed E-state index contributed by atoms with van der Waals surface area (Å²) in [5.74, 6) is 1.65. The molecule has 5 heterocycles.